The van der Waals surface area contributed by atoms with Gasteiger partial charge in [-0.05, 0) is 31.5 Å². The van der Waals surface area contributed by atoms with Crippen molar-refractivity contribution in [3.05, 3.63) is 47.2 Å². The Morgan fingerprint density at radius 3 is 2.73 bits per heavy atom. The molecule has 0 radical (unpaired) electrons. The predicted octanol–water partition coefficient (Wildman–Crippen LogP) is 2.70. The topological polar surface area (TPSA) is 75.4 Å². The summed E-state index contributed by atoms with van der Waals surface area (Å²) in [5.74, 6) is -1.20. The predicted molar refractivity (Wildman–Crippen MR) is 82.3 cm³/mol. The van der Waals surface area contributed by atoms with E-state index >= 15 is 0 Å². The second-order valence-electron chi connectivity index (χ2n) is 5.00. The minimum absolute atomic E-state index is 0.144. The summed E-state index contributed by atoms with van der Waals surface area (Å²) >= 11 is 5.94. The quantitative estimate of drug-likeness (QED) is 0.878. The number of hydrogen-bond donors (Lipinski definition) is 1. The van der Waals surface area contributed by atoms with Crippen molar-refractivity contribution >= 4 is 29.2 Å². The molecule has 6 nitrogen and oxygen atoms in total. The zero-order valence-corrected chi connectivity index (χ0v) is 13.0. The second-order valence-corrected chi connectivity index (χ2v) is 5.43. The maximum absolute atomic E-state index is 12.3. The van der Waals surface area contributed by atoms with Gasteiger partial charge in [-0.25, -0.2) is 0 Å². The molecule has 0 saturated carbocycles. The molecule has 1 aromatic carbocycles. The van der Waals surface area contributed by atoms with Crippen LogP contribution in [-0.2, 0) is 16.1 Å². The second kappa shape index (κ2) is 7.09. The molecule has 0 aliphatic heterocycles. The molecule has 7 heteroatoms. The first kappa shape index (κ1) is 16.0. The zero-order chi connectivity index (χ0) is 16.1. The van der Waals surface area contributed by atoms with Crippen molar-refractivity contribution in [2.45, 2.75) is 26.4 Å². The van der Waals surface area contributed by atoms with Gasteiger partial charge >= 0.3 is 11.8 Å². The van der Waals surface area contributed by atoms with Crippen molar-refractivity contribution < 1.29 is 14.1 Å². The minimum atomic E-state index is -0.760. The lowest BCUT2D eigenvalue weighted by Gasteiger charge is -2.26. The van der Waals surface area contributed by atoms with Gasteiger partial charge in [-0.15, -0.1) is 0 Å². The van der Waals surface area contributed by atoms with E-state index in [1.54, 1.807) is 18.2 Å². The van der Waals surface area contributed by atoms with Gasteiger partial charge in [-0.2, -0.15) is 0 Å². The molecular weight excluding hydrogens is 306 g/mol. The third-order valence-electron chi connectivity index (χ3n) is 3.00. The van der Waals surface area contributed by atoms with Crippen molar-refractivity contribution in [1.82, 2.24) is 10.1 Å². The smallest absolute Gasteiger partial charge is 0.315 e. The van der Waals surface area contributed by atoms with Crippen LogP contribution in [0.3, 0.4) is 0 Å². The summed E-state index contributed by atoms with van der Waals surface area (Å²) in [6.07, 6.45) is 1.31. The summed E-state index contributed by atoms with van der Waals surface area (Å²) in [5, 5.41) is 6.52. The van der Waals surface area contributed by atoms with E-state index in [4.69, 9.17) is 11.6 Å². The van der Waals surface area contributed by atoms with Crippen LogP contribution in [0.25, 0.3) is 0 Å². The van der Waals surface area contributed by atoms with Crippen molar-refractivity contribution in [2.24, 2.45) is 0 Å². The highest BCUT2D eigenvalue weighted by atomic mass is 35.5. The van der Waals surface area contributed by atoms with Crippen LogP contribution in [0.5, 0.6) is 0 Å². The van der Waals surface area contributed by atoms with Crippen molar-refractivity contribution in [2.75, 3.05) is 5.32 Å². The minimum Gasteiger partial charge on any atom is -0.363 e. The number of amides is 2. The molecule has 116 valence electrons. The molecule has 0 bridgehead atoms. The van der Waals surface area contributed by atoms with Crippen LogP contribution in [0.1, 0.15) is 19.4 Å². The molecule has 1 N–H and O–H groups in total. The van der Waals surface area contributed by atoms with Crippen molar-refractivity contribution in [3.8, 4) is 0 Å². The van der Waals surface area contributed by atoms with Crippen LogP contribution in [0, 0.1) is 0 Å². The maximum atomic E-state index is 12.3. The van der Waals surface area contributed by atoms with Gasteiger partial charge in [-0.3, -0.25) is 14.9 Å². The Morgan fingerprint density at radius 2 is 2.14 bits per heavy atom. The molecule has 2 aromatic rings. The van der Waals surface area contributed by atoms with Crippen LogP contribution in [-0.4, -0.2) is 27.9 Å². The number of hydrogen-bond acceptors (Lipinski definition) is 4. The third-order valence-corrected chi connectivity index (χ3v) is 3.23. The number of nitrogens with one attached hydrogen (secondary N) is 1. The SMILES string of the molecule is CC(C)N(Cc1cccc(Cl)c1)C(=O)C(=O)Nc1ccon1. The number of carbonyl (C=O) groups is 2. The first-order valence-corrected chi connectivity index (χ1v) is 7.12. The Bertz CT molecular complexity index is 656. The summed E-state index contributed by atoms with van der Waals surface area (Å²) in [6.45, 7) is 3.97. The molecule has 2 amide bonds. The number of carbonyl (C=O) groups excluding carboxylic acids is 2. The van der Waals surface area contributed by atoms with E-state index in [2.05, 4.69) is 15.0 Å². The Kier molecular flexibility index (Phi) is 5.16. The summed E-state index contributed by atoms with van der Waals surface area (Å²) in [4.78, 5) is 25.8. The molecule has 0 spiro atoms. The number of nitrogens with zero attached hydrogens (tertiary/aromatic N) is 2. The average molecular weight is 322 g/mol. The lowest BCUT2D eigenvalue weighted by atomic mass is 10.2. The Balaban J connectivity index is 2.09. The number of anilines is 1. The number of halogens is 1. The number of benzene rings is 1. The Labute approximate surface area is 133 Å². The Morgan fingerprint density at radius 1 is 1.36 bits per heavy atom. The molecule has 0 aliphatic rings. The van der Waals surface area contributed by atoms with Gasteiger partial charge in [0.2, 0.25) is 0 Å². The molecule has 0 unspecified atom stereocenters. The summed E-state index contributed by atoms with van der Waals surface area (Å²) < 4.78 is 4.61. The fourth-order valence-electron chi connectivity index (χ4n) is 1.90. The highest BCUT2D eigenvalue weighted by Crippen LogP contribution is 2.15. The lowest BCUT2D eigenvalue weighted by Crippen LogP contribution is -2.43. The van der Waals surface area contributed by atoms with Crippen molar-refractivity contribution in [1.29, 1.82) is 0 Å². The van der Waals surface area contributed by atoms with Crippen LogP contribution in [0.4, 0.5) is 5.82 Å². The van der Waals surface area contributed by atoms with E-state index < -0.39 is 11.8 Å². The molecular formula is C15H16ClN3O3. The fourth-order valence-corrected chi connectivity index (χ4v) is 2.11. The molecule has 1 aromatic heterocycles. The highest BCUT2D eigenvalue weighted by Gasteiger charge is 2.25. The first-order chi connectivity index (χ1) is 10.5. The molecule has 22 heavy (non-hydrogen) atoms. The van der Waals surface area contributed by atoms with Gasteiger partial charge in [0, 0.05) is 23.7 Å². The molecule has 1 heterocycles. The van der Waals surface area contributed by atoms with Gasteiger partial charge in [0.25, 0.3) is 0 Å². The normalized spacial score (nSPS) is 10.5. The summed E-state index contributed by atoms with van der Waals surface area (Å²) in [5.41, 5.74) is 0.851. The molecule has 0 aliphatic carbocycles. The van der Waals surface area contributed by atoms with E-state index in [0.29, 0.717) is 11.6 Å². The van der Waals surface area contributed by atoms with E-state index in [0.717, 1.165) is 5.56 Å². The summed E-state index contributed by atoms with van der Waals surface area (Å²) in [6, 6.07) is 8.49. The molecule has 2 rings (SSSR count). The number of rotatable bonds is 4. The van der Waals surface area contributed by atoms with E-state index in [9.17, 15) is 9.59 Å². The fraction of sp³-hybridized carbons (Fsp3) is 0.267. The van der Waals surface area contributed by atoms with Gasteiger partial charge in [0.1, 0.15) is 6.26 Å². The number of aromatic nitrogens is 1. The average Bonchev–Trinajstić information content (AvgIpc) is 2.96. The van der Waals surface area contributed by atoms with Gasteiger partial charge < -0.3 is 9.42 Å². The van der Waals surface area contributed by atoms with Crippen LogP contribution in [0.15, 0.2) is 41.1 Å². The third kappa shape index (κ3) is 4.08. The van der Waals surface area contributed by atoms with Crippen LogP contribution >= 0.6 is 11.6 Å². The van der Waals surface area contributed by atoms with Crippen molar-refractivity contribution in [3.63, 3.8) is 0 Å². The summed E-state index contributed by atoms with van der Waals surface area (Å²) in [7, 11) is 0. The van der Waals surface area contributed by atoms with E-state index in [1.165, 1.54) is 17.2 Å². The van der Waals surface area contributed by atoms with E-state index in [-0.39, 0.29) is 11.9 Å². The Hall–Kier alpha value is -2.34. The first-order valence-electron chi connectivity index (χ1n) is 6.74. The standard InChI is InChI=1S/C15H16ClN3O3/c1-10(2)19(9-11-4-3-5-12(16)8-11)15(21)14(20)17-13-6-7-22-18-13/h3-8,10H,9H2,1-2H3,(H,17,18,20). The van der Waals surface area contributed by atoms with Gasteiger partial charge in [0.15, 0.2) is 5.82 Å². The molecule has 0 atom stereocenters. The molecule has 0 fully saturated rings. The van der Waals surface area contributed by atoms with Gasteiger partial charge in [-0.1, -0.05) is 28.9 Å². The zero-order valence-electron chi connectivity index (χ0n) is 12.2. The van der Waals surface area contributed by atoms with E-state index in [1.807, 2.05) is 19.9 Å². The van der Waals surface area contributed by atoms with Crippen LogP contribution in [0.2, 0.25) is 5.02 Å². The molecule has 0 saturated heterocycles. The van der Waals surface area contributed by atoms with Crippen LogP contribution < -0.4 is 5.32 Å². The maximum Gasteiger partial charge on any atom is 0.315 e. The highest BCUT2D eigenvalue weighted by molar-refractivity contribution is 6.39. The monoisotopic (exact) mass is 321 g/mol. The largest absolute Gasteiger partial charge is 0.363 e. The van der Waals surface area contributed by atoms with Gasteiger partial charge in [0.05, 0.1) is 0 Å². The lowest BCUT2D eigenvalue weighted by molar-refractivity contribution is -0.144.